The van der Waals surface area contributed by atoms with Gasteiger partial charge in [-0.05, 0) is 171 Å². The first-order chi connectivity index (χ1) is 36.7. The molecule has 2 spiro atoms. The molecule has 15 rings (SSSR count). The van der Waals surface area contributed by atoms with E-state index in [0.717, 1.165) is 18.5 Å². The summed E-state index contributed by atoms with van der Waals surface area (Å²) in [5.41, 5.74) is 32.5. The number of rotatable bonds is 4. The van der Waals surface area contributed by atoms with Crippen molar-refractivity contribution in [3.63, 3.8) is 0 Å². The topological polar surface area (TPSA) is 3.24 Å². The van der Waals surface area contributed by atoms with Crippen LogP contribution in [-0.2, 0) is 33.5 Å². The van der Waals surface area contributed by atoms with Crippen molar-refractivity contribution in [3.05, 3.63) is 279 Å². The summed E-state index contributed by atoms with van der Waals surface area (Å²) < 4.78 is 0. The quantitative estimate of drug-likeness (QED) is 0.170. The third kappa shape index (κ3) is 5.92. The van der Waals surface area contributed by atoms with Gasteiger partial charge >= 0.3 is 0 Å². The lowest BCUT2D eigenvalue weighted by molar-refractivity contribution is 0.589. The van der Waals surface area contributed by atoms with Crippen LogP contribution in [0.5, 0.6) is 0 Å². The monoisotopic (exact) mass is 977 g/mol. The van der Waals surface area contributed by atoms with Crippen molar-refractivity contribution in [1.29, 1.82) is 0 Å². The molecule has 5 aliphatic carbocycles. The largest absolute Gasteiger partial charge is 0.310 e. The Morgan fingerprint density at radius 1 is 0.368 bits per heavy atom. The zero-order valence-electron chi connectivity index (χ0n) is 45.1. The number of anilines is 3. The van der Waals surface area contributed by atoms with Crippen LogP contribution in [0, 0.1) is 0 Å². The number of benzene rings is 10. The minimum absolute atomic E-state index is 0.00374. The summed E-state index contributed by atoms with van der Waals surface area (Å²) in [7, 11) is 0. The number of hydrogen-bond acceptors (Lipinski definition) is 1. The molecule has 0 heterocycles. The molecule has 0 radical (unpaired) electrons. The fraction of sp³-hybridized carbons (Fsp3) is 0.200. The molecule has 5 aliphatic rings. The first kappa shape index (κ1) is 45.4. The van der Waals surface area contributed by atoms with E-state index in [9.17, 15) is 0 Å². The molecule has 0 aliphatic heterocycles. The van der Waals surface area contributed by atoms with Gasteiger partial charge in [-0.3, -0.25) is 0 Å². The van der Waals surface area contributed by atoms with Gasteiger partial charge in [0, 0.05) is 27.8 Å². The van der Waals surface area contributed by atoms with Crippen molar-refractivity contribution in [2.45, 2.75) is 95.3 Å². The zero-order valence-corrected chi connectivity index (χ0v) is 45.1. The lowest BCUT2D eigenvalue weighted by Gasteiger charge is -2.33. The zero-order chi connectivity index (χ0) is 51.7. The molecule has 0 amide bonds. The summed E-state index contributed by atoms with van der Waals surface area (Å²) >= 11 is 0. The number of hydrogen-bond donors (Lipinski definition) is 0. The summed E-state index contributed by atoms with van der Waals surface area (Å²) in [4.78, 5) is 2.63. The van der Waals surface area contributed by atoms with E-state index in [2.05, 4.69) is 273 Å². The molecule has 0 bridgehead atoms. The van der Waals surface area contributed by atoms with Crippen molar-refractivity contribution < 1.29 is 0 Å². The lowest BCUT2D eigenvalue weighted by atomic mass is 9.70. The van der Waals surface area contributed by atoms with Crippen LogP contribution < -0.4 is 4.90 Å². The molecule has 1 unspecified atom stereocenters. The first-order valence-corrected chi connectivity index (χ1v) is 27.7. The number of aryl methyl sites for hydroxylation is 1. The van der Waals surface area contributed by atoms with Gasteiger partial charge in [0.15, 0.2) is 0 Å². The van der Waals surface area contributed by atoms with Gasteiger partial charge in [-0.1, -0.05) is 237 Å². The lowest BCUT2D eigenvalue weighted by Crippen LogP contribution is -2.26. The van der Waals surface area contributed by atoms with E-state index in [1.807, 2.05) is 0 Å². The smallest absolute Gasteiger partial charge is 0.0726 e. The van der Waals surface area contributed by atoms with Crippen LogP contribution in [0.15, 0.2) is 212 Å². The highest BCUT2D eigenvalue weighted by atomic mass is 15.1. The summed E-state index contributed by atoms with van der Waals surface area (Å²) in [5.74, 6) is 0. The van der Waals surface area contributed by atoms with Crippen molar-refractivity contribution in [3.8, 4) is 55.6 Å². The van der Waals surface area contributed by atoms with Crippen LogP contribution in [0.25, 0.3) is 55.6 Å². The number of fused-ring (bicyclic) bond motifs is 20. The van der Waals surface area contributed by atoms with E-state index < -0.39 is 5.41 Å². The maximum Gasteiger partial charge on any atom is 0.0726 e. The van der Waals surface area contributed by atoms with Crippen molar-refractivity contribution in [2.75, 3.05) is 4.90 Å². The van der Waals surface area contributed by atoms with Gasteiger partial charge in [0.2, 0.25) is 0 Å². The molecule has 1 atom stereocenters. The van der Waals surface area contributed by atoms with E-state index in [1.54, 1.807) is 0 Å². The van der Waals surface area contributed by atoms with E-state index in [4.69, 9.17) is 0 Å². The first-order valence-electron chi connectivity index (χ1n) is 27.7. The fourth-order valence-electron chi connectivity index (χ4n) is 15.3. The second kappa shape index (κ2) is 15.5. The molecule has 0 aromatic heterocycles. The molecule has 10 aromatic carbocycles. The maximum atomic E-state index is 2.63. The molecule has 76 heavy (non-hydrogen) atoms. The summed E-state index contributed by atoms with van der Waals surface area (Å²) in [6.45, 7) is 18.9. The highest BCUT2D eigenvalue weighted by molar-refractivity contribution is 6.02. The van der Waals surface area contributed by atoms with Crippen LogP contribution in [0.2, 0.25) is 0 Å². The van der Waals surface area contributed by atoms with Crippen molar-refractivity contribution >= 4 is 17.1 Å². The molecule has 1 heteroatoms. The van der Waals surface area contributed by atoms with Gasteiger partial charge in [-0.2, -0.15) is 0 Å². The average Bonchev–Trinajstić information content (AvgIpc) is 4.38. The molecule has 1 nitrogen and oxygen atoms in total. The minimum Gasteiger partial charge on any atom is -0.310 e. The Labute approximate surface area is 449 Å². The Morgan fingerprint density at radius 3 is 1.61 bits per heavy atom. The molecule has 0 saturated carbocycles. The average molecular weight is 978 g/mol. The van der Waals surface area contributed by atoms with Gasteiger partial charge in [-0.15, -0.1) is 0 Å². The maximum absolute atomic E-state index is 2.63. The van der Waals surface area contributed by atoms with E-state index in [1.165, 1.54) is 134 Å². The predicted molar refractivity (Wildman–Crippen MR) is 318 cm³/mol. The van der Waals surface area contributed by atoms with Crippen LogP contribution in [0.1, 0.15) is 129 Å². The molecule has 0 fully saturated rings. The van der Waals surface area contributed by atoms with Crippen LogP contribution >= 0.6 is 0 Å². The molecular weight excluding hydrogens is 915 g/mol. The fourth-order valence-corrected chi connectivity index (χ4v) is 15.3. The van der Waals surface area contributed by atoms with Gasteiger partial charge in [0.25, 0.3) is 0 Å². The van der Waals surface area contributed by atoms with E-state index >= 15 is 0 Å². The Kier molecular flexibility index (Phi) is 9.29. The Morgan fingerprint density at radius 2 is 0.895 bits per heavy atom. The van der Waals surface area contributed by atoms with Crippen molar-refractivity contribution in [1.82, 2.24) is 0 Å². The predicted octanol–water partition coefficient (Wildman–Crippen LogP) is 19.3. The van der Waals surface area contributed by atoms with Gasteiger partial charge in [0.05, 0.1) is 11.1 Å². The SMILES string of the molecule is CC(C)(C)c1ccc2c(c1)-c1cc(C(C)(C)C)ccc1C21c2ccccc2-c2c(N(c3cccc(-c4cccc5c4C(C)(C)c4ccccc4-5)c3)c3ccc4c(c3)C3(CCc5ccccc53)c3ccccc3-4)cccc21. The van der Waals surface area contributed by atoms with Gasteiger partial charge in [0.1, 0.15) is 0 Å². The van der Waals surface area contributed by atoms with Crippen LogP contribution in [-0.4, -0.2) is 0 Å². The highest BCUT2D eigenvalue weighted by Crippen LogP contribution is 2.66. The Bertz CT molecular complexity index is 4060. The minimum atomic E-state index is -0.519. The van der Waals surface area contributed by atoms with Crippen LogP contribution in [0.3, 0.4) is 0 Å². The third-order valence-corrected chi connectivity index (χ3v) is 18.8. The van der Waals surface area contributed by atoms with Crippen molar-refractivity contribution in [2.24, 2.45) is 0 Å². The Balaban J connectivity index is 1.01. The van der Waals surface area contributed by atoms with E-state index in [-0.39, 0.29) is 21.7 Å². The molecular formula is C75H63N. The molecule has 10 aromatic rings. The second-order valence-electron chi connectivity index (χ2n) is 25.1. The van der Waals surface area contributed by atoms with Crippen LogP contribution in [0.4, 0.5) is 17.1 Å². The third-order valence-electron chi connectivity index (χ3n) is 18.8. The number of nitrogens with zero attached hydrogens (tertiary/aromatic N) is 1. The van der Waals surface area contributed by atoms with E-state index in [0.29, 0.717) is 0 Å². The Hall–Kier alpha value is -8.00. The molecule has 0 N–H and O–H groups in total. The normalized spacial score (nSPS) is 17.1. The summed E-state index contributed by atoms with van der Waals surface area (Å²) in [5, 5.41) is 0. The highest BCUT2D eigenvalue weighted by Gasteiger charge is 2.54. The molecule has 368 valence electrons. The molecule has 0 saturated heterocycles. The van der Waals surface area contributed by atoms with Gasteiger partial charge < -0.3 is 4.90 Å². The second-order valence-corrected chi connectivity index (χ2v) is 25.1. The summed E-state index contributed by atoms with van der Waals surface area (Å²) in [6.07, 6.45) is 2.11. The summed E-state index contributed by atoms with van der Waals surface area (Å²) in [6, 6.07) is 82.8. The van der Waals surface area contributed by atoms with Gasteiger partial charge in [-0.25, -0.2) is 0 Å². The standard InChI is InChI=1S/C75H63N/c1-71(2,3)48-34-38-64-58(43-48)59-44-49(72(4,5)6)35-39-65(59)75(64)63-31-16-12-25-57(63)69-66(75)32-19-33-68(69)76(50-22-17-21-47(42-50)52-26-18-27-56-54-24-10-14-29-61(54)73(7,8)70(52)56)51-36-37-55-53-23-11-15-30-62(53)74(67(55)45-51)41-40-46-20-9-13-28-60(46)74/h9-39,42-45H,40-41H2,1-8H3.